The molecule has 0 aromatic heterocycles. The van der Waals surface area contributed by atoms with E-state index in [4.69, 9.17) is 0 Å². The first-order valence-corrected chi connectivity index (χ1v) is 11.9. The van der Waals surface area contributed by atoms with E-state index in [1.807, 2.05) is 0 Å². The molecular weight excluding hydrogens is 367 g/mol. The van der Waals surface area contributed by atoms with Crippen molar-refractivity contribution in [3.05, 3.63) is 127 Å². The molecule has 0 radical (unpaired) electrons. The predicted octanol–water partition coefficient (Wildman–Crippen LogP) is 6.61. The first-order chi connectivity index (χ1) is 14.3. The number of hydrogen-bond acceptors (Lipinski definition) is 0. The third-order valence-corrected chi connectivity index (χ3v) is 9.94. The molecule has 0 amide bonds. The Morgan fingerprint density at radius 2 is 1.21 bits per heavy atom. The minimum Gasteiger partial charge on any atom is -0.0875 e. The highest BCUT2D eigenvalue weighted by Crippen LogP contribution is 2.63. The summed E-state index contributed by atoms with van der Waals surface area (Å²) in [5.41, 5.74) is 0. The molecule has 0 saturated heterocycles. The van der Waals surface area contributed by atoms with Gasteiger partial charge in [-0.2, -0.15) is 0 Å². The van der Waals surface area contributed by atoms with Crippen molar-refractivity contribution in [3.8, 4) is 0 Å². The van der Waals surface area contributed by atoms with Gasteiger partial charge in [0.15, 0.2) is 0 Å². The van der Waals surface area contributed by atoms with Crippen LogP contribution in [0.4, 0.5) is 0 Å². The van der Waals surface area contributed by atoms with Crippen LogP contribution in [0, 0.1) is 0 Å². The van der Waals surface area contributed by atoms with Gasteiger partial charge in [0, 0.05) is 5.39 Å². The average Bonchev–Trinajstić information content (AvgIpc) is 2.80. The Bertz CT molecular complexity index is 1110. The van der Waals surface area contributed by atoms with Crippen LogP contribution in [0.1, 0.15) is 13.8 Å². The monoisotopic (exact) mass is 393 g/mol. The van der Waals surface area contributed by atoms with Crippen molar-refractivity contribution in [1.29, 1.82) is 0 Å². The third-order valence-electron chi connectivity index (χ3n) is 5.47. The van der Waals surface area contributed by atoms with Crippen molar-refractivity contribution in [3.63, 3.8) is 0 Å². The Morgan fingerprint density at radius 1 is 0.655 bits per heavy atom. The summed E-state index contributed by atoms with van der Waals surface area (Å²) >= 11 is 0. The fourth-order valence-electron chi connectivity index (χ4n) is 4.18. The van der Waals surface area contributed by atoms with Crippen molar-refractivity contribution in [2.24, 2.45) is 0 Å². The van der Waals surface area contributed by atoms with Crippen molar-refractivity contribution < 1.29 is 0 Å². The number of hydrogen-bond donors (Lipinski definition) is 0. The van der Waals surface area contributed by atoms with Crippen LogP contribution in [-0.4, -0.2) is 0 Å². The quantitative estimate of drug-likeness (QED) is 0.264. The van der Waals surface area contributed by atoms with E-state index in [0.29, 0.717) is 0 Å². The standard InChI is InChI=1S/C28H26P/c1-3-4-14-23(2)29(25-17-7-5-8-18-25,26-19-9-6-10-20-26)28-22-13-16-24-15-11-12-21-27(24)28/h3-22H,1-2H3/q+1/b4-3-,23-14+. The van der Waals surface area contributed by atoms with Crippen LogP contribution in [-0.2, 0) is 0 Å². The van der Waals surface area contributed by atoms with Gasteiger partial charge in [0.1, 0.15) is 23.2 Å². The third kappa shape index (κ3) is 3.46. The van der Waals surface area contributed by atoms with E-state index in [9.17, 15) is 0 Å². The van der Waals surface area contributed by atoms with Gasteiger partial charge >= 0.3 is 0 Å². The molecule has 0 fully saturated rings. The van der Waals surface area contributed by atoms with E-state index in [1.165, 1.54) is 32.0 Å². The van der Waals surface area contributed by atoms with Gasteiger partial charge in [0.2, 0.25) is 0 Å². The second-order valence-corrected chi connectivity index (χ2v) is 10.7. The number of fused-ring (bicyclic) bond motifs is 1. The summed E-state index contributed by atoms with van der Waals surface area (Å²) in [6.45, 7) is 4.38. The summed E-state index contributed by atoms with van der Waals surface area (Å²) < 4.78 is 0. The highest BCUT2D eigenvalue weighted by Gasteiger charge is 2.48. The summed E-state index contributed by atoms with van der Waals surface area (Å²) in [5.74, 6) is 0. The highest BCUT2D eigenvalue weighted by molar-refractivity contribution is 7.99. The Morgan fingerprint density at radius 3 is 1.83 bits per heavy atom. The van der Waals surface area contributed by atoms with E-state index in [2.05, 4.69) is 135 Å². The molecule has 0 N–H and O–H groups in total. The van der Waals surface area contributed by atoms with E-state index in [-0.39, 0.29) is 0 Å². The van der Waals surface area contributed by atoms with E-state index >= 15 is 0 Å². The van der Waals surface area contributed by atoms with Crippen LogP contribution in [0.5, 0.6) is 0 Å². The molecule has 0 aliphatic carbocycles. The molecule has 0 unspecified atom stereocenters. The Balaban J connectivity index is 2.19. The maximum Gasteiger partial charge on any atom is 0.140 e. The molecule has 0 aliphatic heterocycles. The molecule has 0 nitrogen and oxygen atoms in total. The van der Waals surface area contributed by atoms with Crippen molar-refractivity contribution in [2.75, 3.05) is 0 Å². The maximum absolute atomic E-state index is 2.34. The topological polar surface area (TPSA) is 0 Å². The number of allylic oxidation sites excluding steroid dienone is 4. The molecule has 0 heterocycles. The number of rotatable bonds is 5. The van der Waals surface area contributed by atoms with Gasteiger partial charge in [-0.15, -0.1) is 0 Å². The first-order valence-electron chi connectivity index (χ1n) is 10.1. The lowest BCUT2D eigenvalue weighted by molar-refractivity contribution is 1.61. The molecule has 142 valence electrons. The first kappa shape index (κ1) is 19.4. The average molecular weight is 393 g/mol. The summed E-state index contributed by atoms with van der Waals surface area (Å²) in [5, 5.41) is 8.24. The Labute approximate surface area is 174 Å². The van der Waals surface area contributed by atoms with Crippen LogP contribution in [0.3, 0.4) is 0 Å². The second kappa shape index (κ2) is 8.60. The lowest BCUT2D eigenvalue weighted by Crippen LogP contribution is -2.32. The molecule has 1 heteroatoms. The van der Waals surface area contributed by atoms with Gasteiger partial charge in [0.25, 0.3) is 0 Å². The second-order valence-electron chi connectivity index (χ2n) is 7.17. The number of benzene rings is 4. The summed E-state index contributed by atoms with van der Waals surface area (Å²) in [6.07, 6.45) is 6.58. The van der Waals surface area contributed by atoms with Crippen LogP contribution in [0.25, 0.3) is 10.8 Å². The van der Waals surface area contributed by atoms with E-state index in [0.717, 1.165) is 0 Å². The zero-order valence-electron chi connectivity index (χ0n) is 17.0. The van der Waals surface area contributed by atoms with Gasteiger partial charge in [-0.05, 0) is 55.6 Å². The van der Waals surface area contributed by atoms with Gasteiger partial charge in [-0.3, -0.25) is 0 Å². The van der Waals surface area contributed by atoms with Crippen LogP contribution in [0.15, 0.2) is 127 Å². The zero-order chi connectivity index (χ0) is 20.1. The minimum atomic E-state index is -2.01. The van der Waals surface area contributed by atoms with Crippen molar-refractivity contribution >= 4 is 33.9 Å². The van der Waals surface area contributed by atoms with Gasteiger partial charge in [-0.25, -0.2) is 0 Å². The molecular formula is C28H26P+. The summed E-state index contributed by atoms with van der Waals surface area (Å²) in [4.78, 5) is 0. The van der Waals surface area contributed by atoms with Gasteiger partial charge in [0.05, 0.1) is 5.31 Å². The Kier molecular flexibility index (Phi) is 5.74. The summed E-state index contributed by atoms with van der Waals surface area (Å²) in [6, 6.07) is 37.6. The molecule has 4 rings (SSSR count). The largest absolute Gasteiger partial charge is 0.140 e. The molecule has 0 bridgehead atoms. The zero-order valence-corrected chi connectivity index (χ0v) is 17.9. The maximum atomic E-state index is 2.34. The molecule has 29 heavy (non-hydrogen) atoms. The lowest BCUT2D eigenvalue weighted by Gasteiger charge is -2.29. The molecule has 0 aliphatic rings. The predicted molar refractivity (Wildman–Crippen MR) is 131 cm³/mol. The fourth-order valence-corrected chi connectivity index (χ4v) is 8.65. The molecule has 4 aromatic carbocycles. The lowest BCUT2D eigenvalue weighted by atomic mass is 10.1. The van der Waals surface area contributed by atoms with Gasteiger partial charge in [-0.1, -0.05) is 84.9 Å². The van der Waals surface area contributed by atoms with Crippen LogP contribution in [0.2, 0.25) is 0 Å². The molecule has 4 aromatic rings. The molecule has 0 saturated carbocycles. The van der Waals surface area contributed by atoms with E-state index in [1.54, 1.807) is 0 Å². The minimum absolute atomic E-state index is 1.29. The highest BCUT2D eigenvalue weighted by atomic mass is 31.2. The molecule has 0 atom stereocenters. The smallest absolute Gasteiger partial charge is 0.0875 e. The molecule has 0 spiro atoms. The van der Waals surface area contributed by atoms with Gasteiger partial charge < -0.3 is 0 Å². The normalized spacial score (nSPS) is 12.6. The van der Waals surface area contributed by atoms with Crippen molar-refractivity contribution in [2.45, 2.75) is 13.8 Å². The SMILES string of the molecule is C/C=C\C=C(/C)[P+](c1ccccc1)(c1ccccc1)c1cccc2ccccc12. The fraction of sp³-hybridized carbons (Fsp3) is 0.0714. The van der Waals surface area contributed by atoms with Crippen molar-refractivity contribution in [1.82, 2.24) is 0 Å². The Hall–Kier alpha value is -2.95. The van der Waals surface area contributed by atoms with E-state index < -0.39 is 7.26 Å². The summed E-state index contributed by atoms with van der Waals surface area (Å²) in [7, 11) is -2.01. The van der Waals surface area contributed by atoms with Crippen LogP contribution >= 0.6 is 7.26 Å². The van der Waals surface area contributed by atoms with Crippen LogP contribution < -0.4 is 15.9 Å².